The van der Waals surface area contributed by atoms with Crippen LogP contribution in [0.2, 0.25) is 0 Å². The summed E-state index contributed by atoms with van der Waals surface area (Å²) in [5.74, 6) is -0.125. The van der Waals surface area contributed by atoms with Gasteiger partial charge in [-0.1, -0.05) is 0 Å². The Morgan fingerprint density at radius 3 is 2.87 bits per heavy atom. The van der Waals surface area contributed by atoms with Crippen molar-refractivity contribution in [2.45, 2.75) is 26.4 Å². The molecule has 4 N–H and O–H groups in total. The van der Waals surface area contributed by atoms with Crippen molar-refractivity contribution >= 4 is 22.9 Å². The maximum absolute atomic E-state index is 11.6. The molecule has 4 nitrogen and oxygen atoms in total. The maximum atomic E-state index is 11.6. The van der Waals surface area contributed by atoms with Gasteiger partial charge >= 0.3 is 0 Å². The Kier molecular flexibility index (Phi) is 4.11. The van der Waals surface area contributed by atoms with Gasteiger partial charge in [0.15, 0.2) is 0 Å². The average Bonchev–Trinajstić information content (AvgIpc) is 2.46. The quantitative estimate of drug-likeness (QED) is 0.723. The second-order valence-corrected chi connectivity index (χ2v) is 4.77. The van der Waals surface area contributed by atoms with Gasteiger partial charge in [-0.3, -0.25) is 4.79 Å². The fraction of sp³-hybridized carbons (Fsp3) is 0.500. The van der Waals surface area contributed by atoms with Crippen molar-refractivity contribution in [2.75, 3.05) is 12.3 Å². The Labute approximate surface area is 93.1 Å². The molecule has 5 heteroatoms. The fourth-order valence-electron chi connectivity index (χ4n) is 1.09. The number of carbonyl (C=O) groups excluding carboxylic acids is 1. The van der Waals surface area contributed by atoms with E-state index >= 15 is 0 Å². The summed E-state index contributed by atoms with van der Waals surface area (Å²) in [6.45, 7) is 4.05. The Morgan fingerprint density at radius 1 is 1.73 bits per heavy atom. The minimum atomic E-state index is -0.388. The van der Waals surface area contributed by atoms with Gasteiger partial charge in [-0.2, -0.15) is 0 Å². The second-order valence-electron chi connectivity index (χ2n) is 3.52. The van der Waals surface area contributed by atoms with Crippen LogP contribution in [-0.2, 0) is 0 Å². The molecule has 0 aliphatic carbocycles. The van der Waals surface area contributed by atoms with Crippen LogP contribution in [0.5, 0.6) is 0 Å². The second kappa shape index (κ2) is 5.14. The first-order chi connectivity index (χ1) is 7.00. The molecule has 0 aliphatic rings. The molecule has 0 saturated carbocycles. The van der Waals surface area contributed by atoms with E-state index in [0.717, 1.165) is 4.88 Å². The molecule has 1 amide bonds. The molecule has 1 aromatic heterocycles. The van der Waals surface area contributed by atoms with Crippen molar-refractivity contribution in [1.29, 1.82) is 0 Å². The lowest BCUT2D eigenvalue weighted by Crippen LogP contribution is -2.25. The molecule has 0 fully saturated rings. The highest BCUT2D eigenvalue weighted by atomic mass is 32.1. The van der Waals surface area contributed by atoms with Crippen LogP contribution in [0.15, 0.2) is 6.07 Å². The summed E-state index contributed by atoms with van der Waals surface area (Å²) in [5, 5.41) is 11.7. The molecule has 1 rings (SSSR count). The van der Waals surface area contributed by atoms with Crippen molar-refractivity contribution in [1.82, 2.24) is 5.32 Å². The van der Waals surface area contributed by atoms with Crippen molar-refractivity contribution in [3.05, 3.63) is 15.8 Å². The molecule has 1 heterocycles. The number of carbonyl (C=O) groups is 1. The minimum absolute atomic E-state index is 0.125. The van der Waals surface area contributed by atoms with Crippen LogP contribution < -0.4 is 11.1 Å². The van der Waals surface area contributed by atoms with Gasteiger partial charge in [0.1, 0.15) is 0 Å². The van der Waals surface area contributed by atoms with Crippen LogP contribution in [0.1, 0.15) is 27.9 Å². The van der Waals surface area contributed by atoms with Crippen molar-refractivity contribution in [3.8, 4) is 0 Å². The molecule has 0 aromatic carbocycles. The van der Waals surface area contributed by atoms with E-state index in [9.17, 15) is 4.79 Å². The molecule has 0 bridgehead atoms. The first-order valence-corrected chi connectivity index (χ1v) is 5.64. The highest BCUT2D eigenvalue weighted by Gasteiger charge is 2.10. The van der Waals surface area contributed by atoms with Gasteiger partial charge in [-0.15, -0.1) is 11.3 Å². The zero-order valence-electron chi connectivity index (χ0n) is 8.91. The highest BCUT2D eigenvalue weighted by Crippen LogP contribution is 2.22. The van der Waals surface area contributed by atoms with E-state index in [1.165, 1.54) is 11.3 Å². The lowest BCUT2D eigenvalue weighted by atomic mass is 10.3. The van der Waals surface area contributed by atoms with E-state index < -0.39 is 0 Å². The first kappa shape index (κ1) is 12.0. The van der Waals surface area contributed by atoms with Gasteiger partial charge in [0.05, 0.1) is 11.0 Å². The molecule has 0 radical (unpaired) electrons. The summed E-state index contributed by atoms with van der Waals surface area (Å²) in [7, 11) is 0. The SMILES string of the molecule is Cc1sc(C(=O)NCCC(C)O)cc1N. The highest BCUT2D eigenvalue weighted by molar-refractivity contribution is 7.14. The van der Waals surface area contributed by atoms with Crippen molar-refractivity contribution < 1.29 is 9.90 Å². The summed E-state index contributed by atoms with van der Waals surface area (Å²) in [5.41, 5.74) is 6.30. The third kappa shape index (κ3) is 3.53. The standard InChI is InChI=1S/C10H16N2O2S/c1-6(13)3-4-12-10(14)9-5-8(11)7(2)15-9/h5-6,13H,3-4,11H2,1-2H3,(H,12,14). The zero-order valence-corrected chi connectivity index (χ0v) is 9.73. The molecule has 15 heavy (non-hydrogen) atoms. The molecule has 0 aliphatic heterocycles. The number of rotatable bonds is 4. The van der Waals surface area contributed by atoms with Gasteiger partial charge in [-0.05, 0) is 26.3 Å². The number of nitrogens with two attached hydrogens (primary N) is 1. The maximum Gasteiger partial charge on any atom is 0.261 e. The third-order valence-corrected chi connectivity index (χ3v) is 3.09. The van der Waals surface area contributed by atoms with Gasteiger partial charge < -0.3 is 16.2 Å². The van der Waals surface area contributed by atoms with Crippen LogP contribution in [0.25, 0.3) is 0 Å². The smallest absolute Gasteiger partial charge is 0.261 e. The number of aliphatic hydroxyl groups is 1. The minimum Gasteiger partial charge on any atom is -0.398 e. The predicted octanol–water partition coefficient (Wildman–Crippen LogP) is 1.14. The molecule has 1 atom stereocenters. The van der Waals surface area contributed by atoms with E-state index in [1.54, 1.807) is 13.0 Å². The number of hydrogen-bond donors (Lipinski definition) is 3. The summed E-state index contributed by atoms with van der Waals surface area (Å²) < 4.78 is 0. The van der Waals surface area contributed by atoms with E-state index in [0.29, 0.717) is 23.5 Å². The van der Waals surface area contributed by atoms with Crippen molar-refractivity contribution in [3.63, 3.8) is 0 Å². The van der Waals surface area contributed by atoms with Crippen LogP contribution in [-0.4, -0.2) is 23.7 Å². The number of thiophene rings is 1. The van der Waals surface area contributed by atoms with Gasteiger partial charge in [0, 0.05) is 17.1 Å². The van der Waals surface area contributed by atoms with Crippen LogP contribution in [0, 0.1) is 6.92 Å². The Morgan fingerprint density at radius 2 is 2.40 bits per heavy atom. The number of nitrogen functional groups attached to an aromatic ring is 1. The lowest BCUT2D eigenvalue weighted by molar-refractivity contribution is 0.0949. The molecule has 1 unspecified atom stereocenters. The van der Waals surface area contributed by atoms with Crippen molar-refractivity contribution in [2.24, 2.45) is 0 Å². The van der Waals surface area contributed by atoms with E-state index in [1.807, 2.05) is 6.92 Å². The Bertz CT molecular complexity index is 328. The Hall–Kier alpha value is -1.07. The number of nitrogens with one attached hydrogen (secondary N) is 1. The average molecular weight is 228 g/mol. The number of anilines is 1. The summed E-state index contributed by atoms with van der Waals surface area (Å²) in [4.78, 5) is 13.1. The van der Waals surface area contributed by atoms with E-state index in [-0.39, 0.29) is 12.0 Å². The van der Waals surface area contributed by atoms with Gasteiger partial charge in [0.25, 0.3) is 5.91 Å². The topological polar surface area (TPSA) is 75.3 Å². The third-order valence-electron chi connectivity index (χ3n) is 2.03. The van der Waals surface area contributed by atoms with E-state index in [4.69, 9.17) is 10.8 Å². The monoisotopic (exact) mass is 228 g/mol. The van der Waals surface area contributed by atoms with Crippen LogP contribution >= 0.6 is 11.3 Å². The zero-order chi connectivity index (χ0) is 11.4. The summed E-state index contributed by atoms with van der Waals surface area (Å²) >= 11 is 1.38. The number of aryl methyl sites for hydroxylation is 1. The molecule has 0 spiro atoms. The molecule has 0 saturated heterocycles. The Balaban J connectivity index is 2.47. The van der Waals surface area contributed by atoms with Crippen LogP contribution in [0.3, 0.4) is 0 Å². The number of aliphatic hydroxyl groups excluding tert-OH is 1. The van der Waals surface area contributed by atoms with E-state index in [2.05, 4.69) is 5.32 Å². The van der Waals surface area contributed by atoms with Crippen LogP contribution in [0.4, 0.5) is 5.69 Å². The van der Waals surface area contributed by atoms with Gasteiger partial charge in [-0.25, -0.2) is 0 Å². The lowest BCUT2D eigenvalue weighted by Gasteiger charge is -2.04. The molecule has 1 aromatic rings. The molecular formula is C10H16N2O2S. The number of hydrogen-bond acceptors (Lipinski definition) is 4. The van der Waals surface area contributed by atoms with Gasteiger partial charge in [0.2, 0.25) is 0 Å². The molecule has 84 valence electrons. The fourth-order valence-corrected chi connectivity index (χ4v) is 1.95. The largest absolute Gasteiger partial charge is 0.398 e. The predicted molar refractivity (Wildman–Crippen MR) is 62.1 cm³/mol. The first-order valence-electron chi connectivity index (χ1n) is 4.83. The number of amides is 1. The normalized spacial score (nSPS) is 12.5. The summed E-state index contributed by atoms with van der Waals surface area (Å²) in [6, 6.07) is 1.68. The molecular weight excluding hydrogens is 212 g/mol. The summed E-state index contributed by atoms with van der Waals surface area (Å²) in [6.07, 6.45) is 0.173.